The van der Waals surface area contributed by atoms with E-state index in [9.17, 15) is 0 Å². The summed E-state index contributed by atoms with van der Waals surface area (Å²) in [5.74, 6) is 0.315. The van der Waals surface area contributed by atoms with Crippen LogP contribution in [0.5, 0.6) is 0 Å². The highest BCUT2D eigenvalue weighted by atomic mass is 15.1. The van der Waals surface area contributed by atoms with E-state index in [1.807, 2.05) is 12.2 Å². The van der Waals surface area contributed by atoms with E-state index < -0.39 is 0 Å². The lowest BCUT2D eigenvalue weighted by Gasteiger charge is -2.28. The van der Waals surface area contributed by atoms with Crippen LogP contribution in [0.3, 0.4) is 0 Å². The fourth-order valence-electron chi connectivity index (χ4n) is 3.82. The van der Waals surface area contributed by atoms with Crippen molar-refractivity contribution in [1.29, 1.82) is 0 Å². The van der Waals surface area contributed by atoms with Gasteiger partial charge in [-0.3, -0.25) is 4.90 Å². The molecule has 0 aromatic heterocycles. The summed E-state index contributed by atoms with van der Waals surface area (Å²) < 4.78 is 0. The average Bonchev–Trinajstić information content (AvgIpc) is 2.83. The summed E-state index contributed by atoms with van der Waals surface area (Å²) in [6, 6.07) is 30.5. The predicted octanol–water partition coefficient (Wildman–Crippen LogP) is 6.69. The lowest BCUT2D eigenvalue weighted by atomic mass is 9.90. The molecule has 0 spiro atoms. The Morgan fingerprint density at radius 1 is 0.750 bits per heavy atom. The van der Waals surface area contributed by atoms with Crippen molar-refractivity contribution >= 4 is 5.69 Å². The maximum atomic E-state index is 3.74. The summed E-state index contributed by atoms with van der Waals surface area (Å²) in [6.45, 7) is 6.47. The number of rotatable bonds is 11. The van der Waals surface area contributed by atoms with Gasteiger partial charge in [-0.1, -0.05) is 110 Å². The van der Waals surface area contributed by atoms with Gasteiger partial charge in [0.2, 0.25) is 0 Å². The Hall–Kier alpha value is -3.36. The van der Waals surface area contributed by atoms with Crippen molar-refractivity contribution in [3.8, 4) is 0 Å². The third-order valence-electron chi connectivity index (χ3n) is 5.56. The van der Waals surface area contributed by atoms with Crippen LogP contribution < -0.4 is 4.90 Å². The minimum Gasteiger partial charge on any atom is -0.378 e. The van der Waals surface area contributed by atoms with Gasteiger partial charge in [0.25, 0.3) is 0 Å². The molecule has 2 nitrogen and oxygen atoms in total. The topological polar surface area (TPSA) is 6.48 Å². The molecule has 0 amide bonds. The molecule has 0 saturated heterocycles. The summed E-state index contributed by atoms with van der Waals surface area (Å²) in [5, 5.41) is 0. The van der Waals surface area contributed by atoms with Crippen LogP contribution in [0.2, 0.25) is 0 Å². The SMILES string of the molecule is C=C/C=C\C=C\CN(Cc1ccc(N(C)C)cc1)CC(c1ccccc1)c1ccccc1. The van der Waals surface area contributed by atoms with Crippen LogP contribution in [-0.2, 0) is 6.54 Å². The molecule has 0 atom stereocenters. The highest BCUT2D eigenvalue weighted by Crippen LogP contribution is 2.26. The summed E-state index contributed by atoms with van der Waals surface area (Å²) in [7, 11) is 4.15. The molecule has 0 fully saturated rings. The number of anilines is 1. The lowest BCUT2D eigenvalue weighted by Crippen LogP contribution is -2.29. The van der Waals surface area contributed by atoms with Crippen LogP contribution in [0, 0.1) is 0 Å². The molecule has 32 heavy (non-hydrogen) atoms. The molecular weight excluding hydrogens is 388 g/mol. The van der Waals surface area contributed by atoms with Gasteiger partial charge in [-0.2, -0.15) is 0 Å². The molecular formula is C30H34N2. The summed E-state index contributed by atoms with van der Waals surface area (Å²) in [4.78, 5) is 4.66. The summed E-state index contributed by atoms with van der Waals surface area (Å²) in [6.07, 6.45) is 10.1. The van der Waals surface area contributed by atoms with Crippen molar-refractivity contribution in [2.24, 2.45) is 0 Å². The zero-order valence-corrected chi connectivity index (χ0v) is 19.3. The largest absolute Gasteiger partial charge is 0.378 e. The highest BCUT2D eigenvalue weighted by molar-refractivity contribution is 5.46. The van der Waals surface area contributed by atoms with Gasteiger partial charge in [0.05, 0.1) is 0 Å². The van der Waals surface area contributed by atoms with Crippen molar-refractivity contribution in [2.45, 2.75) is 12.5 Å². The van der Waals surface area contributed by atoms with Gasteiger partial charge in [-0.05, 0) is 28.8 Å². The van der Waals surface area contributed by atoms with Crippen LogP contribution in [0.4, 0.5) is 5.69 Å². The quantitative estimate of drug-likeness (QED) is 0.318. The first-order valence-electron chi connectivity index (χ1n) is 11.2. The third kappa shape index (κ3) is 7.11. The van der Waals surface area contributed by atoms with Gasteiger partial charge in [0.1, 0.15) is 0 Å². The van der Waals surface area contributed by atoms with Crippen molar-refractivity contribution < 1.29 is 0 Å². The molecule has 3 rings (SSSR count). The molecule has 0 unspecified atom stereocenters. The monoisotopic (exact) mass is 422 g/mol. The normalized spacial score (nSPS) is 11.6. The van der Waals surface area contributed by atoms with Gasteiger partial charge in [-0.25, -0.2) is 0 Å². The van der Waals surface area contributed by atoms with Crippen molar-refractivity contribution in [2.75, 3.05) is 32.1 Å². The summed E-state index contributed by atoms with van der Waals surface area (Å²) in [5.41, 5.74) is 5.25. The van der Waals surface area contributed by atoms with Crippen molar-refractivity contribution in [3.63, 3.8) is 0 Å². The van der Waals surface area contributed by atoms with E-state index >= 15 is 0 Å². The van der Waals surface area contributed by atoms with Crippen LogP contribution in [0.1, 0.15) is 22.6 Å². The molecule has 0 bridgehead atoms. The van der Waals surface area contributed by atoms with Crippen molar-refractivity contribution in [1.82, 2.24) is 4.90 Å². The maximum Gasteiger partial charge on any atom is 0.0361 e. The molecule has 0 aliphatic heterocycles. The zero-order chi connectivity index (χ0) is 22.6. The molecule has 2 heteroatoms. The highest BCUT2D eigenvalue weighted by Gasteiger charge is 2.18. The fourth-order valence-corrected chi connectivity index (χ4v) is 3.82. The molecule has 0 N–H and O–H groups in total. The van der Waals surface area contributed by atoms with Gasteiger partial charge >= 0.3 is 0 Å². The third-order valence-corrected chi connectivity index (χ3v) is 5.56. The molecule has 0 heterocycles. The Kier molecular flexibility index (Phi) is 9.09. The van der Waals surface area contributed by atoms with E-state index in [0.29, 0.717) is 5.92 Å². The Morgan fingerprint density at radius 2 is 1.34 bits per heavy atom. The van der Waals surface area contributed by atoms with E-state index in [2.05, 4.69) is 128 Å². The van der Waals surface area contributed by atoms with Gasteiger partial charge in [0, 0.05) is 45.3 Å². The van der Waals surface area contributed by atoms with E-state index in [-0.39, 0.29) is 0 Å². The number of hydrogen-bond acceptors (Lipinski definition) is 2. The Bertz CT molecular complexity index is 947. The molecule has 3 aromatic carbocycles. The second kappa shape index (κ2) is 12.5. The number of nitrogens with zero attached hydrogens (tertiary/aromatic N) is 2. The first kappa shape index (κ1) is 23.3. The first-order valence-corrected chi connectivity index (χ1v) is 11.2. The van der Waals surface area contributed by atoms with Crippen LogP contribution in [0.25, 0.3) is 0 Å². The molecule has 0 aliphatic rings. The second-order valence-electron chi connectivity index (χ2n) is 8.18. The van der Waals surface area contributed by atoms with E-state index in [1.165, 1.54) is 22.4 Å². The smallest absolute Gasteiger partial charge is 0.0361 e. The Labute approximate surface area is 193 Å². The van der Waals surface area contributed by atoms with Gasteiger partial charge in [0.15, 0.2) is 0 Å². The maximum absolute atomic E-state index is 3.74. The van der Waals surface area contributed by atoms with Gasteiger partial charge < -0.3 is 4.90 Å². The zero-order valence-electron chi connectivity index (χ0n) is 19.3. The Morgan fingerprint density at radius 3 is 1.88 bits per heavy atom. The lowest BCUT2D eigenvalue weighted by molar-refractivity contribution is 0.285. The van der Waals surface area contributed by atoms with E-state index in [4.69, 9.17) is 0 Å². The molecule has 164 valence electrons. The number of allylic oxidation sites excluding steroid dienone is 4. The average molecular weight is 423 g/mol. The Balaban J connectivity index is 1.85. The minimum atomic E-state index is 0.315. The molecule has 0 radical (unpaired) electrons. The van der Waals surface area contributed by atoms with Crippen molar-refractivity contribution in [3.05, 3.63) is 139 Å². The van der Waals surface area contributed by atoms with Crippen LogP contribution in [-0.4, -0.2) is 32.1 Å². The van der Waals surface area contributed by atoms with E-state index in [1.54, 1.807) is 6.08 Å². The number of hydrogen-bond donors (Lipinski definition) is 0. The first-order chi connectivity index (χ1) is 15.7. The van der Waals surface area contributed by atoms with Crippen LogP contribution >= 0.6 is 0 Å². The molecule has 3 aromatic rings. The number of benzene rings is 3. The summed E-state index contributed by atoms with van der Waals surface area (Å²) >= 11 is 0. The van der Waals surface area contributed by atoms with Crippen LogP contribution in [0.15, 0.2) is 122 Å². The van der Waals surface area contributed by atoms with Gasteiger partial charge in [-0.15, -0.1) is 0 Å². The minimum absolute atomic E-state index is 0.315. The predicted molar refractivity (Wildman–Crippen MR) is 139 cm³/mol. The van der Waals surface area contributed by atoms with E-state index in [0.717, 1.165) is 19.6 Å². The molecule has 0 aliphatic carbocycles. The fraction of sp³-hybridized carbons (Fsp3) is 0.200. The standard InChI is InChI=1S/C30H34N2/c1-4-5-6-7-14-23-32(24-26-19-21-29(22-20-26)31(2)3)25-30(27-15-10-8-11-16-27)28-17-12-9-13-18-28/h4-22,30H,1,23-25H2,2-3H3/b6-5-,14-7+. The molecule has 0 saturated carbocycles. The second-order valence-corrected chi connectivity index (χ2v) is 8.18.